The van der Waals surface area contributed by atoms with E-state index in [1.165, 1.54) is 0 Å². The SMILES string of the molecule is Cc1ccc(S(=O)(=O)Nc2ccc(Cl)cc2)cc1Br. The Balaban J connectivity index is 2.32. The number of rotatable bonds is 3. The van der Waals surface area contributed by atoms with E-state index in [-0.39, 0.29) is 4.90 Å². The summed E-state index contributed by atoms with van der Waals surface area (Å²) >= 11 is 9.08. The first kappa shape index (κ1) is 14.4. The minimum atomic E-state index is -3.59. The van der Waals surface area contributed by atoms with Crippen molar-refractivity contribution >= 4 is 43.2 Å². The third kappa shape index (κ3) is 3.49. The first-order valence-electron chi connectivity index (χ1n) is 5.43. The molecule has 0 aromatic heterocycles. The Morgan fingerprint density at radius 3 is 2.32 bits per heavy atom. The van der Waals surface area contributed by atoms with Gasteiger partial charge in [0.05, 0.1) is 4.90 Å². The lowest BCUT2D eigenvalue weighted by atomic mass is 10.2. The van der Waals surface area contributed by atoms with Crippen LogP contribution < -0.4 is 4.72 Å². The van der Waals surface area contributed by atoms with Gasteiger partial charge in [0.25, 0.3) is 10.0 Å². The number of nitrogens with one attached hydrogen (secondary N) is 1. The number of anilines is 1. The number of sulfonamides is 1. The molecule has 2 aromatic rings. The zero-order valence-electron chi connectivity index (χ0n) is 10.0. The maximum Gasteiger partial charge on any atom is 0.261 e. The van der Waals surface area contributed by atoms with Crippen LogP contribution >= 0.6 is 27.5 Å². The van der Waals surface area contributed by atoms with Crippen molar-refractivity contribution < 1.29 is 8.42 Å². The highest BCUT2D eigenvalue weighted by molar-refractivity contribution is 9.10. The molecule has 6 heteroatoms. The first-order chi connectivity index (χ1) is 8.88. The highest BCUT2D eigenvalue weighted by Crippen LogP contribution is 2.23. The van der Waals surface area contributed by atoms with Crippen molar-refractivity contribution in [1.29, 1.82) is 0 Å². The predicted molar refractivity (Wildman–Crippen MR) is 81.1 cm³/mol. The van der Waals surface area contributed by atoms with E-state index in [2.05, 4.69) is 20.7 Å². The molecule has 0 amide bonds. The molecule has 0 heterocycles. The number of hydrogen-bond donors (Lipinski definition) is 1. The molecule has 0 bridgehead atoms. The molecular weight excluding hydrogens is 350 g/mol. The molecule has 0 aliphatic heterocycles. The standard InChI is InChI=1S/C13H11BrClNO2S/c1-9-2-7-12(8-13(9)14)19(17,18)16-11-5-3-10(15)4-6-11/h2-8,16H,1H3. The Kier molecular flexibility index (Phi) is 4.18. The van der Waals surface area contributed by atoms with Crippen molar-refractivity contribution in [3.63, 3.8) is 0 Å². The first-order valence-corrected chi connectivity index (χ1v) is 8.08. The van der Waals surface area contributed by atoms with Crippen LogP contribution in [-0.4, -0.2) is 8.42 Å². The van der Waals surface area contributed by atoms with Gasteiger partial charge in [-0.25, -0.2) is 8.42 Å². The number of hydrogen-bond acceptors (Lipinski definition) is 2. The Morgan fingerprint density at radius 2 is 1.74 bits per heavy atom. The second kappa shape index (κ2) is 5.53. The van der Waals surface area contributed by atoms with Gasteiger partial charge in [0.2, 0.25) is 0 Å². The Hall–Kier alpha value is -1.04. The summed E-state index contributed by atoms with van der Waals surface area (Å²) in [5.74, 6) is 0. The van der Waals surface area contributed by atoms with E-state index < -0.39 is 10.0 Å². The normalized spacial score (nSPS) is 11.3. The van der Waals surface area contributed by atoms with Crippen molar-refractivity contribution in [2.75, 3.05) is 4.72 Å². The third-order valence-electron chi connectivity index (χ3n) is 2.55. The van der Waals surface area contributed by atoms with Crippen LogP contribution in [0.25, 0.3) is 0 Å². The van der Waals surface area contributed by atoms with Gasteiger partial charge in [0.15, 0.2) is 0 Å². The van der Waals surface area contributed by atoms with Crippen LogP contribution in [0.2, 0.25) is 5.02 Å². The summed E-state index contributed by atoms with van der Waals surface area (Å²) in [6.07, 6.45) is 0. The molecule has 0 saturated heterocycles. The van der Waals surface area contributed by atoms with E-state index in [4.69, 9.17) is 11.6 Å². The minimum absolute atomic E-state index is 0.208. The molecule has 2 aromatic carbocycles. The Bertz CT molecular complexity index is 699. The fraction of sp³-hybridized carbons (Fsp3) is 0.0769. The summed E-state index contributed by atoms with van der Waals surface area (Å²) in [5, 5.41) is 0.557. The molecule has 2 rings (SSSR count). The highest BCUT2D eigenvalue weighted by Gasteiger charge is 2.15. The summed E-state index contributed by atoms with van der Waals surface area (Å²) in [6, 6.07) is 11.4. The molecule has 0 saturated carbocycles. The molecule has 0 aliphatic rings. The van der Waals surface area contributed by atoms with Crippen LogP contribution in [0.3, 0.4) is 0 Å². The summed E-state index contributed by atoms with van der Waals surface area (Å²) in [7, 11) is -3.59. The van der Waals surface area contributed by atoms with Gasteiger partial charge in [-0.15, -0.1) is 0 Å². The summed E-state index contributed by atoms with van der Waals surface area (Å²) in [4.78, 5) is 0.208. The number of aryl methyl sites for hydroxylation is 1. The van der Waals surface area contributed by atoms with E-state index in [1.807, 2.05) is 6.92 Å². The van der Waals surface area contributed by atoms with Crippen molar-refractivity contribution in [2.24, 2.45) is 0 Å². The largest absolute Gasteiger partial charge is 0.280 e. The van der Waals surface area contributed by atoms with Crippen LogP contribution in [0.4, 0.5) is 5.69 Å². The van der Waals surface area contributed by atoms with Crippen molar-refractivity contribution in [2.45, 2.75) is 11.8 Å². The summed E-state index contributed by atoms with van der Waals surface area (Å²) < 4.78 is 27.6. The Labute approximate surface area is 125 Å². The van der Waals surface area contributed by atoms with Crippen LogP contribution in [0.1, 0.15) is 5.56 Å². The lowest BCUT2D eigenvalue weighted by Crippen LogP contribution is -2.12. The van der Waals surface area contributed by atoms with E-state index in [0.29, 0.717) is 10.7 Å². The molecule has 19 heavy (non-hydrogen) atoms. The molecule has 0 fully saturated rings. The molecule has 1 N–H and O–H groups in total. The maximum absolute atomic E-state index is 12.2. The monoisotopic (exact) mass is 359 g/mol. The summed E-state index contributed by atoms with van der Waals surface area (Å²) in [6.45, 7) is 1.90. The van der Waals surface area contributed by atoms with Gasteiger partial charge in [-0.1, -0.05) is 33.6 Å². The van der Waals surface area contributed by atoms with E-state index in [1.54, 1.807) is 42.5 Å². The third-order valence-corrected chi connectivity index (χ3v) is 5.04. The second-order valence-corrected chi connectivity index (χ2v) is 7.00. The van der Waals surface area contributed by atoms with Crippen molar-refractivity contribution in [3.05, 3.63) is 57.5 Å². The molecule has 0 aliphatic carbocycles. The highest BCUT2D eigenvalue weighted by atomic mass is 79.9. The van der Waals surface area contributed by atoms with Gasteiger partial charge < -0.3 is 0 Å². The molecule has 0 unspecified atom stereocenters. The van der Waals surface area contributed by atoms with Gasteiger partial charge in [-0.2, -0.15) is 0 Å². The second-order valence-electron chi connectivity index (χ2n) is 4.02. The van der Waals surface area contributed by atoms with Gasteiger partial charge >= 0.3 is 0 Å². The molecule has 100 valence electrons. The van der Waals surface area contributed by atoms with Gasteiger partial charge in [0.1, 0.15) is 0 Å². The fourth-order valence-corrected chi connectivity index (χ4v) is 3.21. The molecule has 0 radical (unpaired) electrons. The van der Waals surface area contributed by atoms with E-state index in [9.17, 15) is 8.42 Å². The van der Waals surface area contributed by atoms with Gasteiger partial charge in [-0.3, -0.25) is 4.72 Å². The molecule has 3 nitrogen and oxygen atoms in total. The Morgan fingerprint density at radius 1 is 1.11 bits per heavy atom. The molecule has 0 atom stereocenters. The van der Waals surface area contributed by atoms with Crippen molar-refractivity contribution in [1.82, 2.24) is 0 Å². The number of halogens is 2. The fourth-order valence-electron chi connectivity index (χ4n) is 1.47. The zero-order chi connectivity index (χ0) is 14.0. The average molecular weight is 361 g/mol. The van der Waals surface area contributed by atoms with Crippen LogP contribution in [-0.2, 0) is 10.0 Å². The summed E-state index contributed by atoms with van der Waals surface area (Å²) in [5.41, 5.74) is 1.45. The van der Waals surface area contributed by atoms with Gasteiger partial charge in [0, 0.05) is 15.2 Å². The van der Waals surface area contributed by atoms with E-state index in [0.717, 1.165) is 10.0 Å². The van der Waals surface area contributed by atoms with E-state index >= 15 is 0 Å². The van der Waals surface area contributed by atoms with Crippen LogP contribution in [0.15, 0.2) is 51.8 Å². The molecular formula is C13H11BrClNO2S. The van der Waals surface area contributed by atoms with Gasteiger partial charge in [-0.05, 0) is 48.9 Å². The zero-order valence-corrected chi connectivity index (χ0v) is 13.2. The van der Waals surface area contributed by atoms with Crippen LogP contribution in [0.5, 0.6) is 0 Å². The van der Waals surface area contributed by atoms with Crippen molar-refractivity contribution in [3.8, 4) is 0 Å². The lowest BCUT2D eigenvalue weighted by molar-refractivity contribution is 0.601. The average Bonchev–Trinajstić information content (AvgIpc) is 2.35. The topological polar surface area (TPSA) is 46.2 Å². The lowest BCUT2D eigenvalue weighted by Gasteiger charge is -2.09. The quantitative estimate of drug-likeness (QED) is 0.891. The minimum Gasteiger partial charge on any atom is -0.280 e. The maximum atomic E-state index is 12.2. The predicted octanol–water partition coefficient (Wildman–Crippen LogP) is 4.21. The smallest absolute Gasteiger partial charge is 0.261 e. The van der Waals surface area contributed by atoms with Crippen LogP contribution in [0, 0.1) is 6.92 Å². The number of benzene rings is 2. The molecule has 0 spiro atoms.